The quantitative estimate of drug-likeness (QED) is 0.795. The van der Waals surface area contributed by atoms with Gasteiger partial charge in [-0.2, -0.15) is 0 Å². The number of ether oxygens (including phenoxy) is 2. The van der Waals surface area contributed by atoms with Crippen LogP contribution >= 0.6 is 0 Å². The summed E-state index contributed by atoms with van der Waals surface area (Å²) in [4.78, 5) is 0. The number of hydrogen-bond acceptors (Lipinski definition) is 2. The van der Waals surface area contributed by atoms with Crippen molar-refractivity contribution >= 4 is 0 Å². The molecule has 0 spiro atoms. The van der Waals surface area contributed by atoms with Crippen molar-refractivity contribution in [2.24, 2.45) is 0 Å². The van der Waals surface area contributed by atoms with Crippen molar-refractivity contribution in [1.82, 2.24) is 0 Å². The summed E-state index contributed by atoms with van der Waals surface area (Å²) in [6, 6.07) is 4.98. The van der Waals surface area contributed by atoms with Gasteiger partial charge in [0.25, 0.3) is 0 Å². The molecule has 0 amide bonds. The van der Waals surface area contributed by atoms with Gasteiger partial charge in [-0.3, -0.25) is 0 Å². The van der Waals surface area contributed by atoms with Crippen LogP contribution in [0.3, 0.4) is 0 Å². The second-order valence-electron chi connectivity index (χ2n) is 6.19. The van der Waals surface area contributed by atoms with Gasteiger partial charge in [0, 0.05) is 12.5 Å². The summed E-state index contributed by atoms with van der Waals surface area (Å²) in [6.07, 6.45) is 0.741. The zero-order valence-electron chi connectivity index (χ0n) is 11.7. The number of hydrogen-bond donors (Lipinski definition) is 0. The molecule has 0 radical (unpaired) electrons. The molecular formula is C15H21FO2. The van der Waals surface area contributed by atoms with Crippen LogP contribution in [0, 0.1) is 12.7 Å². The standard InChI is InChI=1S/C15H21FO2/c1-10-6-7-11(8-12(10)16)17-13-9-14(2,3)18-15(13,4)5/h6-8,13H,9H2,1-5H3. The molecule has 1 heterocycles. The molecule has 2 rings (SSSR count). The molecular weight excluding hydrogens is 231 g/mol. The first kappa shape index (κ1) is 13.3. The van der Waals surface area contributed by atoms with Crippen LogP contribution in [0.15, 0.2) is 18.2 Å². The first-order chi connectivity index (χ1) is 8.20. The predicted molar refractivity (Wildman–Crippen MR) is 69.4 cm³/mol. The maximum absolute atomic E-state index is 13.5. The van der Waals surface area contributed by atoms with E-state index in [9.17, 15) is 4.39 Å². The van der Waals surface area contributed by atoms with Gasteiger partial charge in [-0.15, -0.1) is 0 Å². The molecule has 0 bridgehead atoms. The molecule has 1 fully saturated rings. The highest BCUT2D eigenvalue weighted by Crippen LogP contribution is 2.39. The average Bonchev–Trinajstić information content (AvgIpc) is 2.40. The van der Waals surface area contributed by atoms with Crippen LogP contribution in [-0.4, -0.2) is 17.3 Å². The van der Waals surface area contributed by atoms with E-state index in [1.807, 2.05) is 27.7 Å². The zero-order chi connectivity index (χ0) is 13.6. The van der Waals surface area contributed by atoms with Gasteiger partial charge in [0.1, 0.15) is 23.3 Å². The molecule has 2 nitrogen and oxygen atoms in total. The Bertz CT molecular complexity index is 452. The normalized spacial score (nSPS) is 25.1. The lowest BCUT2D eigenvalue weighted by atomic mass is 9.97. The van der Waals surface area contributed by atoms with Crippen LogP contribution in [0.25, 0.3) is 0 Å². The average molecular weight is 252 g/mol. The third kappa shape index (κ3) is 2.66. The Morgan fingerprint density at radius 1 is 1.28 bits per heavy atom. The van der Waals surface area contributed by atoms with E-state index >= 15 is 0 Å². The van der Waals surface area contributed by atoms with Crippen LogP contribution < -0.4 is 4.74 Å². The SMILES string of the molecule is Cc1ccc(OC2CC(C)(C)OC2(C)C)cc1F. The van der Waals surface area contributed by atoms with E-state index in [0.717, 1.165) is 6.42 Å². The molecule has 100 valence electrons. The van der Waals surface area contributed by atoms with Gasteiger partial charge in [0.05, 0.1) is 5.60 Å². The first-order valence-corrected chi connectivity index (χ1v) is 6.33. The largest absolute Gasteiger partial charge is 0.487 e. The zero-order valence-corrected chi connectivity index (χ0v) is 11.7. The highest BCUT2D eigenvalue weighted by molar-refractivity contribution is 5.28. The Morgan fingerprint density at radius 2 is 1.94 bits per heavy atom. The molecule has 0 aliphatic carbocycles. The summed E-state index contributed by atoms with van der Waals surface area (Å²) in [7, 11) is 0. The molecule has 1 aliphatic heterocycles. The van der Waals surface area contributed by atoms with Crippen molar-refractivity contribution in [3.05, 3.63) is 29.6 Å². The molecule has 0 aromatic heterocycles. The Labute approximate surface area is 108 Å². The molecule has 18 heavy (non-hydrogen) atoms. The van der Waals surface area contributed by atoms with E-state index in [2.05, 4.69) is 0 Å². The minimum atomic E-state index is -0.356. The molecule has 0 saturated carbocycles. The Balaban J connectivity index is 2.16. The molecule has 1 aliphatic rings. The van der Waals surface area contributed by atoms with Gasteiger partial charge < -0.3 is 9.47 Å². The van der Waals surface area contributed by atoms with E-state index in [4.69, 9.17) is 9.47 Å². The predicted octanol–water partition coefficient (Wildman–Crippen LogP) is 3.86. The highest BCUT2D eigenvalue weighted by atomic mass is 19.1. The second-order valence-corrected chi connectivity index (χ2v) is 6.19. The van der Waals surface area contributed by atoms with Crippen molar-refractivity contribution < 1.29 is 13.9 Å². The third-order valence-corrected chi connectivity index (χ3v) is 3.41. The fourth-order valence-corrected chi connectivity index (χ4v) is 2.51. The van der Waals surface area contributed by atoms with E-state index < -0.39 is 0 Å². The van der Waals surface area contributed by atoms with Crippen molar-refractivity contribution in [3.8, 4) is 5.75 Å². The Morgan fingerprint density at radius 3 is 2.44 bits per heavy atom. The number of aryl methyl sites for hydroxylation is 1. The monoisotopic (exact) mass is 252 g/mol. The van der Waals surface area contributed by atoms with E-state index in [1.54, 1.807) is 19.1 Å². The second kappa shape index (κ2) is 4.23. The van der Waals surface area contributed by atoms with Crippen LogP contribution in [0.2, 0.25) is 0 Å². The summed E-state index contributed by atoms with van der Waals surface area (Å²) in [5, 5.41) is 0. The van der Waals surface area contributed by atoms with Gasteiger partial charge in [0.15, 0.2) is 0 Å². The smallest absolute Gasteiger partial charge is 0.130 e. The molecule has 0 N–H and O–H groups in total. The molecule has 3 heteroatoms. The minimum absolute atomic E-state index is 0.0605. The maximum Gasteiger partial charge on any atom is 0.130 e. The van der Waals surface area contributed by atoms with E-state index in [-0.39, 0.29) is 23.1 Å². The maximum atomic E-state index is 13.5. The summed E-state index contributed by atoms with van der Waals surface area (Å²) in [5.74, 6) is 0.334. The number of benzene rings is 1. The van der Waals surface area contributed by atoms with Crippen molar-refractivity contribution in [2.45, 2.75) is 58.3 Å². The Hall–Kier alpha value is -1.09. The van der Waals surface area contributed by atoms with Crippen LogP contribution in [-0.2, 0) is 4.74 Å². The lowest BCUT2D eigenvalue weighted by Crippen LogP contribution is -2.36. The lowest BCUT2D eigenvalue weighted by Gasteiger charge is -2.27. The van der Waals surface area contributed by atoms with Gasteiger partial charge in [-0.25, -0.2) is 4.39 Å². The minimum Gasteiger partial charge on any atom is -0.487 e. The summed E-state index contributed by atoms with van der Waals surface area (Å²) in [6.45, 7) is 9.86. The molecule has 1 atom stereocenters. The van der Waals surface area contributed by atoms with E-state index in [0.29, 0.717) is 11.3 Å². The fraction of sp³-hybridized carbons (Fsp3) is 0.600. The molecule has 1 saturated heterocycles. The van der Waals surface area contributed by atoms with Gasteiger partial charge in [-0.05, 0) is 46.2 Å². The Kier molecular flexibility index (Phi) is 3.14. The van der Waals surface area contributed by atoms with Gasteiger partial charge in [-0.1, -0.05) is 6.07 Å². The van der Waals surface area contributed by atoms with Crippen molar-refractivity contribution in [2.75, 3.05) is 0 Å². The molecule has 1 aromatic carbocycles. The topological polar surface area (TPSA) is 18.5 Å². The first-order valence-electron chi connectivity index (χ1n) is 6.33. The number of rotatable bonds is 2. The summed E-state index contributed by atoms with van der Waals surface area (Å²) >= 11 is 0. The molecule has 1 aromatic rings. The van der Waals surface area contributed by atoms with Crippen LogP contribution in [0.1, 0.15) is 39.7 Å². The molecule has 1 unspecified atom stereocenters. The van der Waals surface area contributed by atoms with Crippen molar-refractivity contribution in [3.63, 3.8) is 0 Å². The highest BCUT2D eigenvalue weighted by Gasteiger charge is 2.47. The van der Waals surface area contributed by atoms with Crippen molar-refractivity contribution in [1.29, 1.82) is 0 Å². The fourth-order valence-electron chi connectivity index (χ4n) is 2.51. The van der Waals surface area contributed by atoms with Gasteiger partial charge in [0.2, 0.25) is 0 Å². The lowest BCUT2D eigenvalue weighted by molar-refractivity contribution is -0.0846. The third-order valence-electron chi connectivity index (χ3n) is 3.41. The van der Waals surface area contributed by atoms with Gasteiger partial charge >= 0.3 is 0 Å². The summed E-state index contributed by atoms with van der Waals surface area (Å²) < 4.78 is 25.3. The summed E-state index contributed by atoms with van der Waals surface area (Å²) in [5.41, 5.74) is 0.0760. The number of halogens is 1. The van der Waals surface area contributed by atoms with Crippen LogP contribution in [0.4, 0.5) is 4.39 Å². The van der Waals surface area contributed by atoms with E-state index in [1.165, 1.54) is 6.07 Å². The van der Waals surface area contributed by atoms with Crippen LogP contribution in [0.5, 0.6) is 5.75 Å².